The van der Waals surface area contributed by atoms with Gasteiger partial charge in [0.2, 0.25) is 5.78 Å². The quantitative estimate of drug-likeness (QED) is 0.685. The smallest absolute Gasteiger partial charge is 0.299 e. The minimum atomic E-state index is -0.270. The van der Waals surface area contributed by atoms with Gasteiger partial charge in [-0.3, -0.25) is 4.79 Å². The average Bonchev–Trinajstić information content (AvgIpc) is 3.45. The number of nitrogens with one attached hydrogen (secondary N) is 1. The lowest BCUT2D eigenvalue weighted by molar-refractivity contribution is -0.00789. The molecule has 3 aromatic rings. The molecule has 8 nitrogen and oxygen atoms in total. The van der Waals surface area contributed by atoms with Crippen LogP contribution in [0, 0.1) is 0 Å². The standard InChI is InChI=1S/C23H28N6O2/c1-14-6-9-28-18(14)19(27-10-7-24-8-11-27)21(30)29-22(28)25-20(26-29)15-4-5-17-16(12-15)13-31-23(17,2)3/h4-5,12,14,24H,6-11,13H2,1-3H3. The number of piperazine rings is 1. The van der Waals surface area contributed by atoms with E-state index in [0.29, 0.717) is 24.1 Å². The van der Waals surface area contributed by atoms with E-state index in [1.807, 2.05) is 6.07 Å². The van der Waals surface area contributed by atoms with Gasteiger partial charge in [-0.2, -0.15) is 9.50 Å². The number of aryl methyl sites for hydroxylation is 1. The predicted octanol–water partition coefficient (Wildman–Crippen LogP) is 2.24. The molecule has 0 amide bonds. The summed E-state index contributed by atoms with van der Waals surface area (Å²) in [6.45, 7) is 11.3. The third-order valence-corrected chi connectivity index (χ3v) is 7.05. The Hall–Kier alpha value is -2.71. The molecule has 6 rings (SSSR count). The summed E-state index contributed by atoms with van der Waals surface area (Å²) in [7, 11) is 0. The van der Waals surface area contributed by atoms with E-state index < -0.39 is 0 Å². The molecule has 1 N–H and O–H groups in total. The fraction of sp³-hybridized carbons (Fsp3) is 0.522. The summed E-state index contributed by atoms with van der Waals surface area (Å²) >= 11 is 0. The summed E-state index contributed by atoms with van der Waals surface area (Å²) < 4.78 is 9.65. The first-order chi connectivity index (χ1) is 14.9. The van der Waals surface area contributed by atoms with Gasteiger partial charge >= 0.3 is 0 Å². The zero-order valence-corrected chi connectivity index (χ0v) is 18.3. The molecular formula is C23H28N6O2. The van der Waals surface area contributed by atoms with Crippen molar-refractivity contribution in [2.75, 3.05) is 31.1 Å². The highest BCUT2D eigenvalue weighted by Gasteiger charge is 2.33. The van der Waals surface area contributed by atoms with E-state index >= 15 is 0 Å². The Balaban J connectivity index is 1.52. The first kappa shape index (κ1) is 19.0. The van der Waals surface area contributed by atoms with Crippen LogP contribution in [0.1, 0.15) is 49.9 Å². The van der Waals surface area contributed by atoms with E-state index in [1.54, 1.807) is 0 Å². The number of hydrogen-bond donors (Lipinski definition) is 1. The molecular weight excluding hydrogens is 392 g/mol. The van der Waals surface area contributed by atoms with E-state index in [9.17, 15) is 4.79 Å². The molecule has 31 heavy (non-hydrogen) atoms. The van der Waals surface area contributed by atoms with Crippen LogP contribution in [-0.4, -0.2) is 45.3 Å². The molecule has 2 aromatic heterocycles. The van der Waals surface area contributed by atoms with Crippen molar-refractivity contribution in [2.45, 2.75) is 51.9 Å². The van der Waals surface area contributed by atoms with E-state index in [2.05, 4.69) is 47.7 Å². The first-order valence-electron chi connectivity index (χ1n) is 11.2. The predicted molar refractivity (Wildman–Crippen MR) is 119 cm³/mol. The van der Waals surface area contributed by atoms with E-state index in [1.165, 1.54) is 10.1 Å². The highest BCUT2D eigenvalue weighted by Crippen LogP contribution is 2.38. The Morgan fingerprint density at radius 3 is 2.81 bits per heavy atom. The van der Waals surface area contributed by atoms with Gasteiger partial charge in [0.05, 0.1) is 17.9 Å². The molecule has 3 aliphatic heterocycles. The molecule has 162 valence electrons. The van der Waals surface area contributed by atoms with E-state index in [-0.39, 0.29) is 11.2 Å². The van der Waals surface area contributed by atoms with Crippen LogP contribution in [0.5, 0.6) is 0 Å². The third-order valence-electron chi connectivity index (χ3n) is 7.05. The largest absolute Gasteiger partial charge is 0.366 e. The van der Waals surface area contributed by atoms with Gasteiger partial charge in [-0.05, 0) is 37.5 Å². The molecule has 8 heteroatoms. The van der Waals surface area contributed by atoms with Crippen LogP contribution in [0.2, 0.25) is 0 Å². The van der Waals surface area contributed by atoms with Crippen molar-refractivity contribution in [1.29, 1.82) is 0 Å². The number of benzene rings is 1. The molecule has 0 aliphatic carbocycles. The van der Waals surface area contributed by atoms with Crippen LogP contribution in [-0.2, 0) is 23.5 Å². The Morgan fingerprint density at radius 2 is 2.00 bits per heavy atom. The van der Waals surface area contributed by atoms with Gasteiger partial charge in [0, 0.05) is 44.2 Å². The number of aromatic nitrogens is 4. The van der Waals surface area contributed by atoms with Crippen molar-refractivity contribution >= 4 is 11.5 Å². The summed E-state index contributed by atoms with van der Waals surface area (Å²) in [5.74, 6) is 1.58. The summed E-state index contributed by atoms with van der Waals surface area (Å²) in [4.78, 5) is 20.7. The Morgan fingerprint density at radius 1 is 1.19 bits per heavy atom. The maximum atomic E-state index is 13.6. The van der Waals surface area contributed by atoms with Crippen LogP contribution in [0.4, 0.5) is 5.69 Å². The molecule has 3 aliphatic rings. The van der Waals surface area contributed by atoms with Crippen LogP contribution in [0.25, 0.3) is 17.2 Å². The second kappa shape index (κ2) is 6.64. The monoisotopic (exact) mass is 420 g/mol. The number of anilines is 1. The van der Waals surface area contributed by atoms with Crippen molar-refractivity contribution in [3.8, 4) is 11.4 Å². The molecule has 1 fully saturated rings. The SMILES string of the molecule is CC1CCn2c1c(N1CCNCC1)c(=O)n1nc(-c3ccc4c(c3)COC4(C)C)nc21. The second-order valence-corrected chi connectivity index (χ2v) is 9.44. The Labute approximate surface area is 180 Å². The zero-order chi connectivity index (χ0) is 21.3. The van der Waals surface area contributed by atoms with Crippen LogP contribution in [0.3, 0.4) is 0 Å². The third kappa shape index (κ3) is 2.78. The van der Waals surface area contributed by atoms with E-state index in [4.69, 9.17) is 14.8 Å². The molecule has 0 saturated carbocycles. The number of ether oxygens (including phenoxy) is 1. The van der Waals surface area contributed by atoms with Crippen molar-refractivity contribution in [3.05, 3.63) is 45.4 Å². The Kier molecular flexibility index (Phi) is 4.07. The fourth-order valence-corrected chi connectivity index (χ4v) is 5.32. The van der Waals surface area contributed by atoms with Gasteiger partial charge in [0.1, 0.15) is 5.69 Å². The molecule has 0 bridgehead atoms. The lowest BCUT2D eigenvalue weighted by Gasteiger charge is -2.31. The van der Waals surface area contributed by atoms with Crippen LogP contribution < -0.4 is 15.8 Å². The minimum absolute atomic E-state index is 0.0544. The minimum Gasteiger partial charge on any atom is -0.366 e. The summed E-state index contributed by atoms with van der Waals surface area (Å²) in [6.07, 6.45) is 1.02. The van der Waals surface area contributed by atoms with Crippen LogP contribution in [0.15, 0.2) is 23.0 Å². The van der Waals surface area contributed by atoms with Gasteiger partial charge in [-0.1, -0.05) is 19.1 Å². The van der Waals surface area contributed by atoms with E-state index in [0.717, 1.165) is 61.7 Å². The summed E-state index contributed by atoms with van der Waals surface area (Å²) in [5.41, 5.74) is 4.88. The van der Waals surface area contributed by atoms with Crippen molar-refractivity contribution in [1.82, 2.24) is 24.5 Å². The molecule has 1 aromatic carbocycles. The van der Waals surface area contributed by atoms with Gasteiger partial charge in [0.25, 0.3) is 5.56 Å². The van der Waals surface area contributed by atoms with Gasteiger partial charge in [-0.15, -0.1) is 5.10 Å². The number of hydrogen-bond acceptors (Lipinski definition) is 6. The molecule has 1 unspecified atom stereocenters. The average molecular weight is 421 g/mol. The van der Waals surface area contributed by atoms with Gasteiger partial charge in [-0.25, -0.2) is 0 Å². The van der Waals surface area contributed by atoms with Crippen molar-refractivity contribution in [2.24, 2.45) is 0 Å². The highest BCUT2D eigenvalue weighted by molar-refractivity contribution is 5.62. The lowest BCUT2D eigenvalue weighted by atomic mass is 9.94. The van der Waals surface area contributed by atoms with Crippen molar-refractivity contribution in [3.63, 3.8) is 0 Å². The molecule has 0 spiro atoms. The highest BCUT2D eigenvalue weighted by atomic mass is 16.5. The maximum Gasteiger partial charge on any atom is 0.299 e. The van der Waals surface area contributed by atoms with Crippen molar-refractivity contribution < 1.29 is 4.74 Å². The topological polar surface area (TPSA) is 76.7 Å². The number of nitrogens with zero attached hydrogens (tertiary/aromatic N) is 5. The second-order valence-electron chi connectivity index (χ2n) is 9.44. The van der Waals surface area contributed by atoms with Gasteiger partial charge in [0.15, 0.2) is 5.82 Å². The maximum absolute atomic E-state index is 13.6. The molecule has 1 atom stereocenters. The van der Waals surface area contributed by atoms with Crippen LogP contribution >= 0.6 is 0 Å². The molecule has 0 radical (unpaired) electrons. The zero-order valence-electron chi connectivity index (χ0n) is 18.3. The lowest BCUT2D eigenvalue weighted by Crippen LogP contribution is -2.46. The number of rotatable bonds is 2. The fourth-order valence-electron chi connectivity index (χ4n) is 5.32. The summed E-state index contributed by atoms with van der Waals surface area (Å²) in [5, 5.41) is 8.07. The van der Waals surface area contributed by atoms with Gasteiger partial charge < -0.3 is 19.5 Å². The molecule has 1 saturated heterocycles. The summed E-state index contributed by atoms with van der Waals surface area (Å²) in [6, 6.07) is 6.25. The molecule has 5 heterocycles. The Bertz CT molecular complexity index is 1250. The first-order valence-corrected chi connectivity index (χ1v) is 11.2. The number of fused-ring (bicyclic) bond motifs is 4. The normalized spacial score (nSPS) is 22.2.